The molecule has 0 saturated heterocycles. The van der Waals surface area contributed by atoms with E-state index in [2.05, 4.69) is 46.5 Å². The summed E-state index contributed by atoms with van der Waals surface area (Å²) in [5.41, 5.74) is 4.82. The molecule has 1 aromatic carbocycles. The van der Waals surface area contributed by atoms with E-state index in [-0.39, 0.29) is 0 Å². The third-order valence-electron chi connectivity index (χ3n) is 3.25. The van der Waals surface area contributed by atoms with Crippen molar-refractivity contribution in [2.24, 2.45) is 0 Å². The molecule has 0 aliphatic heterocycles. The predicted molar refractivity (Wildman–Crippen MR) is 88.5 cm³/mol. The van der Waals surface area contributed by atoms with Crippen LogP contribution in [0.2, 0.25) is 0 Å². The summed E-state index contributed by atoms with van der Waals surface area (Å²) in [6.07, 6.45) is 1.17. The molecule has 2 rings (SSSR count). The molecule has 1 aromatic heterocycles. The van der Waals surface area contributed by atoms with Crippen LogP contribution < -0.4 is 5.32 Å². The van der Waals surface area contributed by atoms with Gasteiger partial charge in [0.1, 0.15) is 6.54 Å². The number of hydrogen-bond acceptors (Lipinski definition) is 3. The molecule has 0 fully saturated rings. The van der Waals surface area contributed by atoms with Crippen molar-refractivity contribution in [3.8, 4) is 0 Å². The van der Waals surface area contributed by atoms with Crippen LogP contribution in [-0.2, 0) is 6.54 Å². The lowest BCUT2D eigenvalue weighted by Gasteiger charge is -2.04. The number of quaternary nitrogens is 1. The molecule has 3 nitrogen and oxygen atoms in total. The molecule has 4 heteroatoms. The zero-order valence-electron chi connectivity index (χ0n) is 13.1. The molecule has 0 saturated carbocycles. The molecule has 0 atom stereocenters. The number of aromatic nitrogens is 2. The van der Waals surface area contributed by atoms with Gasteiger partial charge in [0.25, 0.3) is 0 Å². The summed E-state index contributed by atoms with van der Waals surface area (Å²) in [4.78, 5) is 8.90. The molecule has 0 spiro atoms. The van der Waals surface area contributed by atoms with Crippen LogP contribution in [0.1, 0.15) is 28.9 Å². The van der Waals surface area contributed by atoms with Gasteiger partial charge in [-0.05, 0) is 26.8 Å². The minimum absolute atomic E-state index is 0.908. The van der Waals surface area contributed by atoms with Crippen LogP contribution in [0.5, 0.6) is 0 Å². The van der Waals surface area contributed by atoms with Gasteiger partial charge in [-0.25, -0.2) is 9.97 Å². The molecule has 2 aromatic rings. The highest BCUT2D eigenvalue weighted by Crippen LogP contribution is 2.14. The summed E-state index contributed by atoms with van der Waals surface area (Å²) in [6, 6.07) is 10.8. The molecule has 21 heavy (non-hydrogen) atoms. The van der Waals surface area contributed by atoms with E-state index in [4.69, 9.17) is 0 Å². The van der Waals surface area contributed by atoms with Crippen LogP contribution >= 0.6 is 11.8 Å². The van der Waals surface area contributed by atoms with Gasteiger partial charge in [0.15, 0.2) is 5.16 Å². The molecule has 0 aliphatic rings. The molecule has 1 heterocycles. The van der Waals surface area contributed by atoms with E-state index in [9.17, 15) is 0 Å². The van der Waals surface area contributed by atoms with Crippen LogP contribution in [0.4, 0.5) is 0 Å². The Morgan fingerprint density at radius 1 is 1.00 bits per heavy atom. The highest BCUT2D eigenvalue weighted by atomic mass is 32.2. The smallest absolute Gasteiger partial charge is 0.187 e. The number of thioether (sulfide) groups is 1. The van der Waals surface area contributed by atoms with Gasteiger partial charge in [0.2, 0.25) is 0 Å². The molecule has 0 radical (unpaired) electrons. The number of aryl methyl sites for hydroxylation is 3. The van der Waals surface area contributed by atoms with E-state index in [0.29, 0.717) is 0 Å². The van der Waals surface area contributed by atoms with E-state index < -0.39 is 0 Å². The Labute approximate surface area is 131 Å². The molecule has 0 bridgehead atoms. The first-order valence-electron chi connectivity index (χ1n) is 7.46. The maximum atomic E-state index is 4.45. The Bertz CT molecular complexity index is 546. The predicted octanol–water partition coefficient (Wildman–Crippen LogP) is 2.65. The summed E-state index contributed by atoms with van der Waals surface area (Å²) >= 11 is 1.75. The Morgan fingerprint density at radius 3 is 2.33 bits per heavy atom. The van der Waals surface area contributed by atoms with Crippen molar-refractivity contribution in [3.05, 3.63) is 52.8 Å². The van der Waals surface area contributed by atoms with E-state index in [1.54, 1.807) is 11.8 Å². The summed E-state index contributed by atoms with van der Waals surface area (Å²) in [7, 11) is 0. The monoisotopic (exact) mass is 302 g/mol. The second kappa shape index (κ2) is 8.15. The van der Waals surface area contributed by atoms with Gasteiger partial charge < -0.3 is 5.32 Å². The SMILES string of the molecule is Cc1ccc(C[NH2+]CCCSc2nc(C)cc(C)n2)cc1. The highest BCUT2D eigenvalue weighted by Gasteiger charge is 2.01. The van der Waals surface area contributed by atoms with Gasteiger partial charge in [-0.15, -0.1) is 0 Å². The van der Waals surface area contributed by atoms with Gasteiger partial charge in [0, 0.05) is 29.1 Å². The lowest BCUT2D eigenvalue weighted by atomic mass is 10.1. The number of nitrogens with zero attached hydrogens (tertiary/aromatic N) is 2. The zero-order chi connectivity index (χ0) is 15.1. The van der Waals surface area contributed by atoms with Crippen molar-refractivity contribution in [1.29, 1.82) is 0 Å². The van der Waals surface area contributed by atoms with Crippen molar-refractivity contribution < 1.29 is 5.32 Å². The zero-order valence-corrected chi connectivity index (χ0v) is 13.9. The fraction of sp³-hybridized carbons (Fsp3) is 0.412. The first kappa shape index (κ1) is 16.0. The second-order valence-electron chi connectivity index (χ2n) is 5.40. The van der Waals surface area contributed by atoms with Crippen LogP contribution in [-0.4, -0.2) is 22.3 Å². The maximum Gasteiger partial charge on any atom is 0.187 e. The van der Waals surface area contributed by atoms with E-state index >= 15 is 0 Å². The summed E-state index contributed by atoms with van der Waals surface area (Å²) in [5, 5.41) is 3.28. The number of benzene rings is 1. The van der Waals surface area contributed by atoms with E-state index in [0.717, 1.165) is 35.4 Å². The second-order valence-corrected chi connectivity index (χ2v) is 6.46. The normalized spacial score (nSPS) is 10.8. The topological polar surface area (TPSA) is 42.4 Å². The first-order valence-corrected chi connectivity index (χ1v) is 8.44. The van der Waals surface area contributed by atoms with Gasteiger partial charge in [-0.2, -0.15) is 0 Å². The lowest BCUT2D eigenvalue weighted by Crippen LogP contribution is -2.82. The maximum absolute atomic E-state index is 4.45. The van der Waals surface area contributed by atoms with Gasteiger partial charge in [-0.1, -0.05) is 41.6 Å². The van der Waals surface area contributed by atoms with Gasteiger partial charge in [0.05, 0.1) is 6.54 Å². The number of rotatable bonds is 7. The molecule has 0 amide bonds. The molecular formula is C17H24N3S+. The van der Waals surface area contributed by atoms with Crippen molar-refractivity contribution in [2.75, 3.05) is 12.3 Å². The third kappa shape index (κ3) is 5.86. The van der Waals surface area contributed by atoms with Gasteiger partial charge >= 0.3 is 0 Å². The number of hydrogen-bond donors (Lipinski definition) is 1. The molecule has 0 unspecified atom stereocenters. The minimum atomic E-state index is 0.908. The van der Waals surface area contributed by atoms with Crippen LogP contribution in [0.3, 0.4) is 0 Å². The van der Waals surface area contributed by atoms with Crippen LogP contribution in [0.15, 0.2) is 35.5 Å². The van der Waals surface area contributed by atoms with Crippen molar-refractivity contribution in [1.82, 2.24) is 9.97 Å². The fourth-order valence-electron chi connectivity index (χ4n) is 2.14. The van der Waals surface area contributed by atoms with Crippen molar-refractivity contribution in [2.45, 2.75) is 38.9 Å². The van der Waals surface area contributed by atoms with Crippen molar-refractivity contribution in [3.63, 3.8) is 0 Å². The Balaban J connectivity index is 1.62. The van der Waals surface area contributed by atoms with Gasteiger partial charge in [-0.3, -0.25) is 0 Å². The first-order chi connectivity index (χ1) is 10.1. The van der Waals surface area contributed by atoms with Crippen LogP contribution in [0.25, 0.3) is 0 Å². The quantitative estimate of drug-likeness (QED) is 0.486. The molecular weight excluding hydrogens is 278 g/mol. The van der Waals surface area contributed by atoms with E-state index in [1.807, 2.05) is 19.9 Å². The van der Waals surface area contributed by atoms with Crippen LogP contribution in [0, 0.1) is 20.8 Å². The standard InChI is InChI=1S/C17H23N3S/c1-13-5-7-16(8-6-13)12-18-9-4-10-21-17-19-14(2)11-15(3)20-17/h5-8,11,18H,4,9-10,12H2,1-3H3/p+1. The third-order valence-corrected chi connectivity index (χ3v) is 4.18. The number of nitrogens with two attached hydrogens (primary N) is 1. The fourth-order valence-corrected chi connectivity index (χ4v) is 3.05. The lowest BCUT2D eigenvalue weighted by molar-refractivity contribution is -0.670. The Hall–Kier alpha value is -1.39. The highest BCUT2D eigenvalue weighted by molar-refractivity contribution is 7.99. The van der Waals surface area contributed by atoms with E-state index in [1.165, 1.54) is 17.5 Å². The summed E-state index contributed by atoms with van der Waals surface area (Å²) in [6.45, 7) is 8.37. The summed E-state index contributed by atoms with van der Waals surface area (Å²) in [5.74, 6) is 1.08. The Morgan fingerprint density at radius 2 is 1.67 bits per heavy atom. The average Bonchev–Trinajstić information content (AvgIpc) is 2.43. The largest absolute Gasteiger partial charge is 0.342 e. The minimum Gasteiger partial charge on any atom is -0.342 e. The average molecular weight is 302 g/mol. The molecule has 0 aliphatic carbocycles. The molecule has 112 valence electrons. The van der Waals surface area contributed by atoms with Crippen molar-refractivity contribution >= 4 is 11.8 Å². The molecule has 2 N–H and O–H groups in total. The Kier molecular flexibility index (Phi) is 6.21. The summed E-state index contributed by atoms with van der Waals surface area (Å²) < 4.78 is 0.